The lowest BCUT2D eigenvalue weighted by Gasteiger charge is -2.14. The van der Waals surface area contributed by atoms with Gasteiger partial charge in [-0.15, -0.1) is 0 Å². The van der Waals surface area contributed by atoms with E-state index in [-0.39, 0.29) is 28.2 Å². The van der Waals surface area contributed by atoms with E-state index in [0.717, 1.165) is 11.1 Å². The molecule has 0 spiro atoms. The van der Waals surface area contributed by atoms with Crippen LogP contribution in [0.25, 0.3) is 0 Å². The predicted octanol–water partition coefficient (Wildman–Crippen LogP) is 4.13. The number of hydrogen-bond acceptors (Lipinski definition) is 5. The van der Waals surface area contributed by atoms with Gasteiger partial charge in [-0.1, -0.05) is 59.6 Å². The predicted molar refractivity (Wildman–Crippen MR) is 105 cm³/mol. The van der Waals surface area contributed by atoms with Crippen LogP contribution < -0.4 is 9.46 Å². The van der Waals surface area contributed by atoms with E-state index in [2.05, 4.69) is 14.7 Å². The number of halogens is 1. The number of benzene rings is 2. The third-order valence-corrected chi connectivity index (χ3v) is 5.37. The van der Waals surface area contributed by atoms with Crippen LogP contribution in [0, 0.1) is 13.8 Å². The number of hydrogen-bond donors (Lipinski definition) is 1. The zero-order chi connectivity index (χ0) is 19.4. The quantitative estimate of drug-likeness (QED) is 0.626. The van der Waals surface area contributed by atoms with Crippen molar-refractivity contribution in [2.45, 2.75) is 25.3 Å². The second kappa shape index (κ2) is 7.94. The largest absolute Gasteiger partial charge is 0.471 e. The van der Waals surface area contributed by atoms with Gasteiger partial charge in [0.05, 0.1) is 4.90 Å². The zero-order valence-electron chi connectivity index (χ0n) is 14.8. The number of rotatable bonds is 6. The Morgan fingerprint density at radius 1 is 1.00 bits per heavy atom. The van der Waals surface area contributed by atoms with Crippen molar-refractivity contribution >= 4 is 27.3 Å². The molecule has 0 aliphatic rings. The minimum atomic E-state index is -3.87. The summed E-state index contributed by atoms with van der Waals surface area (Å²) in [5.74, 6) is 0.452. The summed E-state index contributed by atoms with van der Waals surface area (Å²) < 4.78 is 33.6. The highest BCUT2D eigenvalue weighted by Gasteiger charge is 2.21. The Morgan fingerprint density at radius 2 is 1.67 bits per heavy atom. The topological polar surface area (TPSA) is 81.2 Å². The monoisotopic (exact) mass is 403 g/mol. The lowest BCUT2D eigenvalue weighted by molar-refractivity contribution is 0.294. The lowest BCUT2D eigenvalue weighted by Crippen LogP contribution is -2.15. The SMILES string of the molecule is Cc1ccc(S(=O)(=O)Nc2c(Cl)nc(C)nc2OCc2ccccc2)cc1. The van der Waals surface area contributed by atoms with E-state index in [0.29, 0.717) is 5.82 Å². The van der Waals surface area contributed by atoms with Gasteiger partial charge in [0, 0.05) is 0 Å². The van der Waals surface area contributed by atoms with Gasteiger partial charge >= 0.3 is 0 Å². The number of aromatic nitrogens is 2. The van der Waals surface area contributed by atoms with E-state index in [4.69, 9.17) is 16.3 Å². The Balaban J connectivity index is 1.91. The average molecular weight is 404 g/mol. The third kappa shape index (κ3) is 4.75. The summed E-state index contributed by atoms with van der Waals surface area (Å²) in [6, 6.07) is 15.9. The Hall–Kier alpha value is -2.64. The second-order valence-corrected chi connectivity index (χ2v) is 7.98. The molecule has 1 heterocycles. The van der Waals surface area contributed by atoms with Crippen LogP contribution in [-0.2, 0) is 16.6 Å². The molecule has 2 aromatic carbocycles. The number of nitrogens with one attached hydrogen (secondary N) is 1. The number of aryl methyl sites for hydroxylation is 2. The van der Waals surface area contributed by atoms with Crippen LogP contribution in [0.2, 0.25) is 5.15 Å². The van der Waals surface area contributed by atoms with E-state index >= 15 is 0 Å². The van der Waals surface area contributed by atoms with E-state index in [1.54, 1.807) is 19.1 Å². The molecule has 0 amide bonds. The van der Waals surface area contributed by atoms with Gasteiger partial charge in [0.2, 0.25) is 5.88 Å². The Kier molecular flexibility index (Phi) is 5.62. The maximum Gasteiger partial charge on any atom is 0.262 e. The fraction of sp³-hybridized carbons (Fsp3) is 0.158. The molecule has 27 heavy (non-hydrogen) atoms. The van der Waals surface area contributed by atoms with Gasteiger partial charge in [-0.05, 0) is 31.5 Å². The van der Waals surface area contributed by atoms with Crippen LogP contribution in [0.3, 0.4) is 0 Å². The van der Waals surface area contributed by atoms with Crippen molar-refractivity contribution < 1.29 is 13.2 Å². The molecule has 0 bridgehead atoms. The van der Waals surface area contributed by atoms with E-state index < -0.39 is 10.0 Å². The molecule has 0 unspecified atom stereocenters. The van der Waals surface area contributed by atoms with Crippen LogP contribution in [-0.4, -0.2) is 18.4 Å². The van der Waals surface area contributed by atoms with E-state index in [9.17, 15) is 8.42 Å². The fourth-order valence-corrected chi connectivity index (χ4v) is 3.71. The van der Waals surface area contributed by atoms with Crippen LogP contribution in [0.1, 0.15) is 17.0 Å². The standard InChI is InChI=1S/C19H18ClN3O3S/c1-13-8-10-16(11-9-13)27(24,25)23-17-18(20)21-14(2)22-19(17)26-12-15-6-4-3-5-7-15/h3-11,23H,12H2,1-2H3. The zero-order valence-corrected chi connectivity index (χ0v) is 16.4. The highest BCUT2D eigenvalue weighted by Crippen LogP contribution is 2.32. The number of nitrogens with zero attached hydrogens (tertiary/aromatic N) is 2. The summed E-state index contributed by atoms with van der Waals surface area (Å²) in [4.78, 5) is 8.33. The Morgan fingerprint density at radius 3 is 2.33 bits per heavy atom. The molecule has 140 valence electrons. The van der Waals surface area contributed by atoms with Crippen molar-refractivity contribution in [3.8, 4) is 5.88 Å². The van der Waals surface area contributed by atoms with Crippen LogP contribution in [0.4, 0.5) is 5.69 Å². The van der Waals surface area contributed by atoms with Crippen LogP contribution >= 0.6 is 11.6 Å². The summed E-state index contributed by atoms with van der Waals surface area (Å²) in [6.45, 7) is 3.75. The molecule has 8 heteroatoms. The highest BCUT2D eigenvalue weighted by atomic mass is 35.5. The molecular formula is C19H18ClN3O3S. The van der Waals surface area contributed by atoms with Crippen molar-refractivity contribution in [2.24, 2.45) is 0 Å². The van der Waals surface area contributed by atoms with Crippen LogP contribution in [0.15, 0.2) is 59.5 Å². The van der Waals surface area contributed by atoms with Gasteiger partial charge in [-0.3, -0.25) is 4.72 Å². The molecule has 0 atom stereocenters. The molecule has 3 rings (SSSR count). The number of anilines is 1. The molecule has 0 saturated carbocycles. The van der Waals surface area contributed by atoms with Gasteiger partial charge in [0.25, 0.3) is 10.0 Å². The minimum Gasteiger partial charge on any atom is -0.471 e. The Bertz CT molecular complexity index is 1040. The Labute approximate surface area is 163 Å². The second-order valence-electron chi connectivity index (χ2n) is 5.93. The van der Waals surface area contributed by atoms with Crippen molar-refractivity contribution in [3.63, 3.8) is 0 Å². The van der Waals surface area contributed by atoms with Crippen molar-refractivity contribution in [2.75, 3.05) is 4.72 Å². The number of sulfonamides is 1. The van der Waals surface area contributed by atoms with Crippen molar-refractivity contribution in [1.82, 2.24) is 9.97 Å². The molecule has 0 aliphatic carbocycles. The van der Waals surface area contributed by atoms with Gasteiger partial charge in [-0.25, -0.2) is 13.4 Å². The molecule has 3 aromatic rings. The van der Waals surface area contributed by atoms with Gasteiger partial charge in [-0.2, -0.15) is 4.98 Å². The third-order valence-electron chi connectivity index (χ3n) is 3.73. The first-order valence-corrected chi connectivity index (χ1v) is 10.0. The number of ether oxygens (including phenoxy) is 1. The summed E-state index contributed by atoms with van der Waals surface area (Å²) >= 11 is 6.18. The summed E-state index contributed by atoms with van der Waals surface area (Å²) in [5.41, 5.74) is 1.88. The smallest absolute Gasteiger partial charge is 0.262 e. The van der Waals surface area contributed by atoms with Crippen molar-refractivity contribution in [1.29, 1.82) is 0 Å². The molecule has 6 nitrogen and oxygen atoms in total. The van der Waals surface area contributed by atoms with E-state index in [1.807, 2.05) is 37.3 Å². The first kappa shape index (κ1) is 19.1. The lowest BCUT2D eigenvalue weighted by atomic mass is 10.2. The highest BCUT2D eigenvalue weighted by molar-refractivity contribution is 7.92. The summed E-state index contributed by atoms with van der Waals surface area (Å²) in [6.07, 6.45) is 0. The molecule has 0 aliphatic heterocycles. The van der Waals surface area contributed by atoms with Gasteiger partial charge < -0.3 is 4.74 Å². The van der Waals surface area contributed by atoms with Crippen molar-refractivity contribution in [3.05, 3.63) is 76.7 Å². The fourth-order valence-electron chi connectivity index (χ4n) is 2.34. The van der Waals surface area contributed by atoms with E-state index in [1.165, 1.54) is 12.1 Å². The first-order valence-electron chi connectivity index (χ1n) is 8.15. The average Bonchev–Trinajstić information content (AvgIpc) is 2.63. The minimum absolute atomic E-state index is 0.0128. The molecule has 1 aromatic heterocycles. The first-order chi connectivity index (χ1) is 12.8. The van der Waals surface area contributed by atoms with Crippen LogP contribution in [0.5, 0.6) is 5.88 Å². The normalized spacial score (nSPS) is 11.2. The molecule has 0 fully saturated rings. The molecule has 0 saturated heterocycles. The summed E-state index contributed by atoms with van der Waals surface area (Å²) in [7, 11) is -3.87. The molecule has 1 N–H and O–H groups in total. The molecule has 0 radical (unpaired) electrons. The molecular weight excluding hydrogens is 386 g/mol. The van der Waals surface area contributed by atoms with Gasteiger partial charge in [0.15, 0.2) is 5.15 Å². The maximum absolute atomic E-state index is 12.7. The maximum atomic E-state index is 12.7. The summed E-state index contributed by atoms with van der Waals surface area (Å²) in [5, 5.41) is -0.0266. The van der Waals surface area contributed by atoms with Gasteiger partial charge in [0.1, 0.15) is 18.1 Å².